The van der Waals surface area contributed by atoms with Crippen LogP contribution in [0.25, 0.3) is 28.2 Å². The van der Waals surface area contributed by atoms with E-state index in [1.165, 1.54) is 23.5 Å². The van der Waals surface area contributed by atoms with E-state index in [9.17, 15) is 13.2 Å². The number of nitrogens with zero attached hydrogens (tertiary/aromatic N) is 4. The van der Waals surface area contributed by atoms with E-state index in [0.717, 1.165) is 29.1 Å². The Labute approximate surface area is 213 Å². The molecule has 0 fully saturated rings. The molecule has 0 unspecified atom stereocenters. The summed E-state index contributed by atoms with van der Waals surface area (Å²) in [5.74, 6) is 0. The second kappa shape index (κ2) is 9.96. The number of hydrogen-bond donors (Lipinski definition) is 1. The number of alkyl halides is 3. The summed E-state index contributed by atoms with van der Waals surface area (Å²) >= 11 is 7.45. The summed E-state index contributed by atoms with van der Waals surface area (Å²) in [7, 11) is 0. The summed E-state index contributed by atoms with van der Waals surface area (Å²) in [6.07, 6.45) is -1.07. The number of benzene rings is 3. The quantitative estimate of drug-likeness (QED) is 0.183. The molecule has 0 amide bonds. The van der Waals surface area contributed by atoms with Crippen molar-refractivity contribution in [2.75, 3.05) is 5.43 Å². The highest BCUT2D eigenvalue weighted by Gasteiger charge is 2.30. The average molecular weight is 524 g/mol. The molecule has 3 aromatic carbocycles. The van der Waals surface area contributed by atoms with Crippen molar-refractivity contribution in [2.45, 2.75) is 6.18 Å². The number of nitrogens with one attached hydrogen (secondary N) is 1. The number of aromatic nitrogens is 3. The monoisotopic (exact) mass is 523 g/mol. The molecule has 0 bridgehead atoms. The fourth-order valence-electron chi connectivity index (χ4n) is 3.50. The van der Waals surface area contributed by atoms with Gasteiger partial charge in [0.2, 0.25) is 5.13 Å². The molecule has 180 valence electrons. The summed E-state index contributed by atoms with van der Waals surface area (Å²) in [4.78, 5) is 4.53. The fourth-order valence-corrected chi connectivity index (χ4v) is 4.36. The molecule has 0 saturated heterocycles. The second-order valence-corrected chi connectivity index (χ2v) is 9.00. The lowest BCUT2D eigenvalue weighted by molar-refractivity contribution is -0.137. The molecular formula is C26H17ClF3N5S. The highest BCUT2D eigenvalue weighted by atomic mass is 35.5. The van der Waals surface area contributed by atoms with Gasteiger partial charge in [-0.3, -0.25) is 5.43 Å². The van der Waals surface area contributed by atoms with Crippen LogP contribution in [0.1, 0.15) is 11.1 Å². The molecule has 1 N–H and O–H groups in total. The van der Waals surface area contributed by atoms with Crippen LogP contribution in [0.2, 0.25) is 5.02 Å². The zero-order valence-corrected chi connectivity index (χ0v) is 20.0. The van der Waals surface area contributed by atoms with Crippen LogP contribution in [0.4, 0.5) is 18.3 Å². The molecule has 5 aromatic rings. The van der Waals surface area contributed by atoms with Crippen molar-refractivity contribution in [3.05, 3.63) is 107 Å². The Kier molecular flexibility index (Phi) is 6.58. The number of thiazole rings is 1. The lowest BCUT2D eigenvalue weighted by Gasteiger charge is -2.07. The zero-order valence-electron chi connectivity index (χ0n) is 18.4. The lowest BCUT2D eigenvalue weighted by atomic mass is 10.1. The first kappa shape index (κ1) is 23.8. The van der Waals surface area contributed by atoms with Crippen LogP contribution in [-0.4, -0.2) is 21.0 Å². The third kappa shape index (κ3) is 5.32. The standard InChI is InChI=1S/C26H17ClF3N5S/c27-21-6-4-5-18(13-21)23-16-36-25(32-23)33-31-14-19-15-35(22-7-2-1-3-8-22)34-24(19)17-9-11-20(12-10-17)26(28,29)30/h1-16H,(H,32,33)/b31-14+. The smallest absolute Gasteiger partial charge is 0.253 e. The number of rotatable bonds is 6. The van der Waals surface area contributed by atoms with Crippen molar-refractivity contribution in [3.8, 4) is 28.2 Å². The minimum Gasteiger partial charge on any atom is -0.253 e. The summed E-state index contributed by atoms with van der Waals surface area (Å²) in [6.45, 7) is 0. The van der Waals surface area contributed by atoms with Gasteiger partial charge in [0.25, 0.3) is 0 Å². The van der Waals surface area contributed by atoms with E-state index in [1.54, 1.807) is 23.2 Å². The largest absolute Gasteiger partial charge is 0.416 e. The number of para-hydroxylation sites is 1. The van der Waals surface area contributed by atoms with E-state index in [1.807, 2.05) is 53.9 Å². The maximum atomic E-state index is 13.0. The van der Waals surface area contributed by atoms with Gasteiger partial charge in [-0.15, -0.1) is 11.3 Å². The Balaban J connectivity index is 1.42. The highest BCUT2D eigenvalue weighted by molar-refractivity contribution is 7.14. The minimum absolute atomic E-state index is 0.497. The average Bonchev–Trinajstić information content (AvgIpc) is 3.52. The fraction of sp³-hybridized carbons (Fsp3) is 0.0385. The first-order valence-electron chi connectivity index (χ1n) is 10.7. The van der Waals surface area contributed by atoms with Gasteiger partial charge in [-0.1, -0.05) is 54.1 Å². The topological polar surface area (TPSA) is 55.1 Å². The number of anilines is 1. The summed E-state index contributed by atoms with van der Waals surface area (Å²) in [6, 6.07) is 21.7. The third-order valence-electron chi connectivity index (χ3n) is 5.24. The maximum Gasteiger partial charge on any atom is 0.416 e. The first-order valence-corrected chi connectivity index (χ1v) is 12.0. The summed E-state index contributed by atoms with van der Waals surface area (Å²) < 4.78 is 40.7. The van der Waals surface area contributed by atoms with E-state index >= 15 is 0 Å². The van der Waals surface area contributed by atoms with Gasteiger partial charge in [-0.05, 0) is 36.4 Å². The molecule has 0 radical (unpaired) electrons. The van der Waals surface area contributed by atoms with Gasteiger partial charge < -0.3 is 0 Å². The molecule has 0 aliphatic carbocycles. The van der Waals surface area contributed by atoms with E-state index in [0.29, 0.717) is 27.0 Å². The van der Waals surface area contributed by atoms with Crippen LogP contribution in [0.5, 0.6) is 0 Å². The Morgan fingerprint density at radius 1 is 0.944 bits per heavy atom. The predicted octanol–water partition coefficient (Wildman–Crippen LogP) is 7.78. The normalized spacial score (nSPS) is 11.8. The SMILES string of the molecule is FC(F)(F)c1ccc(-c2nn(-c3ccccc3)cc2/C=N/Nc2nc(-c3cccc(Cl)c3)cs2)cc1. The molecule has 10 heteroatoms. The molecule has 5 rings (SSSR count). The molecule has 2 aromatic heterocycles. The van der Waals surface area contributed by atoms with Crippen LogP contribution in [0.3, 0.4) is 0 Å². The first-order chi connectivity index (χ1) is 17.4. The molecule has 2 heterocycles. The van der Waals surface area contributed by atoms with Crippen molar-refractivity contribution in [1.29, 1.82) is 0 Å². The molecule has 0 saturated carbocycles. The summed E-state index contributed by atoms with van der Waals surface area (Å²) in [5.41, 5.74) is 6.32. The van der Waals surface area contributed by atoms with Gasteiger partial charge in [-0.2, -0.15) is 23.4 Å². The minimum atomic E-state index is -4.41. The van der Waals surface area contributed by atoms with E-state index in [-0.39, 0.29) is 0 Å². The molecule has 0 atom stereocenters. The van der Waals surface area contributed by atoms with E-state index in [2.05, 4.69) is 20.6 Å². The van der Waals surface area contributed by atoms with Crippen LogP contribution in [0, 0.1) is 0 Å². The Morgan fingerprint density at radius 3 is 2.44 bits per heavy atom. The van der Waals surface area contributed by atoms with Crippen LogP contribution in [-0.2, 0) is 6.18 Å². The Morgan fingerprint density at radius 2 is 1.72 bits per heavy atom. The van der Waals surface area contributed by atoms with E-state index in [4.69, 9.17) is 11.6 Å². The molecule has 36 heavy (non-hydrogen) atoms. The molecule has 0 aliphatic heterocycles. The zero-order chi connectivity index (χ0) is 25.1. The van der Waals surface area contributed by atoms with Crippen molar-refractivity contribution < 1.29 is 13.2 Å². The lowest BCUT2D eigenvalue weighted by Crippen LogP contribution is -2.04. The van der Waals surface area contributed by atoms with Crippen LogP contribution in [0.15, 0.2) is 95.5 Å². The van der Waals surface area contributed by atoms with Crippen molar-refractivity contribution in [1.82, 2.24) is 14.8 Å². The Bertz CT molecular complexity index is 1510. The number of hydrazone groups is 1. The van der Waals surface area contributed by atoms with Gasteiger partial charge in [0.05, 0.1) is 23.2 Å². The molecule has 5 nitrogen and oxygen atoms in total. The van der Waals surface area contributed by atoms with Crippen LogP contribution < -0.4 is 5.43 Å². The summed E-state index contributed by atoms with van der Waals surface area (Å²) in [5, 5.41) is 12.0. The molecular weight excluding hydrogens is 507 g/mol. The van der Waals surface area contributed by atoms with Crippen LogP contribution >= 0.6 is 22.9 Å². The van der Waals surface area contributed by atoms with Gasteiger partial charge in [-0.25, -0.2) is 9.67 Å². The van der Waals surface area contributed by atoms with Gasteiger partial charge in [0.1, 0.15) is 5.69 Å². The molecule has 0 spiro atoms. The Hall–Kier alpha value is -3.95. The third-order valence-corrected chi connectivity index (χ3v) is 6.22. The highest BCUT2D eigenvalue weighted by Crippen LogP contribution is 2.32. The van der Waals surface area contributed by atoms with Gasteiger partial charge >= 0.3 is 6.18 Å². The van der Waals surface area contributed by atoms with Gasteiger partial charge in [0.15, 0.2) is 0 Å². The van der Waals surface area contributed by atoms with Crippen molar-refractivity contribution in [3.63, 3.8) is 0 Å². The number of halogens is 4. The van der Waals surface area contributed by atoms with Crippen molar-refractivity contribution in [2.24, 2.45) is 5.10 Å². The number of hydrogen-bond acceptors (Lipinski definition) is 5. The second-order valence-electron chi connectivity index (χ2n) is 7.71. The predicted molar refractivity (Wildman–Crippen MR) is 138 cm³/mol. The van der Waals surface area contributed by atoms with Gasteiger partial charge in [0, 0.05) is 33.3 Å². The molecule has 0 aliphatic rings. The van der Waals surface area contributed by atoms with E-state index < -0.39 is 11.7 Å². The van der Waals surface area contributed by atoms with Crippen molar-refractivity contribution >= 4 is 34.3 Å². The maximum absolute atomic E-state index is 13.0.